The van der Waals surface area contributed by atoms with Crippen molar-refractivity contribution in [2.24, 2.45) is 0 Å². The lowest BCUT2D eigenvalue weighted by atomic mass is 10.1. The van der Waals surface area contributed by atoms with Crippen LogP contribution in [0.2, 0.25) is 0 Å². The third-order valence-electron chi connectivity index (χ3n) is 5.01. The smallest absolute Gasteiger partial charge is 0.216 e. The molecule has 30 heavy (non-hydrogen) atoms. The second-order valence-corrected chi connectivity index (χ2v) is 8.42. The van der Waals surface area contributed by atoms with Crippen molar-refractivity contribution in [2.45, 2.75) is 26.8 Å². The number of ether oxygens (including phenoxy) is 1. The van der Waals surface area contributed by atoms with Crippen molar-refractivity contribution in [1.29, 1.82) is 0 Å². The predicted octanol–water partition coefficient (Wildman–Crippen LogP) is 4.09. The fourth-order valence-corrected chi connectivity index (χ4v) is 3.99. The van der Waals surface area contributed by atoms with Gasteiger partial charge in [-0.3, -0.25) is 4.79 Å². The van der Waals surface area contributed by atoms with E-state index in [9.17, 15) is 10.0 Å². The Balaban J connectivity index is 1.52. The molecule has 0 radical (unpaired) electrons. The van der Waals surface area contributed by atoms with Crippen molar-refractivity contribution in [3.8, 4) is 0 Å². The standard InChI is InChI=1S/C23H29N3O3S/c1-18-20(5-3-7-23(18)25-12-11-24-19(2)27)17-26(28)13-8-21(9-14-26)29-15-10-22-6-4-16-30-22/h3-9,13,16,25H,10-12,14-15,17H2,1-2H3,(H,24,27). The van der Waals surface area contributed by atoms with Gasteiger partial charge in [0.15, 0.2) is 0 Å². The number of thiophene rings is 1. The molecule has 160 valence electrons. The van der Waals surface area contributed by atoms with E-state index in [1.165, 1.54) is 11.8 Å². The highest BCUT2D eigenvalue weighted by atomic mass is 32.1. The van der Waals surface area contributed by atoms with Gasteiger partial charge in [-0.25, -0.2) is 0 Å². The normalized spacial score (nSPS) is 18.0. The van der Waals surface area contributed by atoms with Crippen LogP contribution in [-0.4, -0.2) is 36.8 Å². The van der Waals surface area contributed by atoms with Crippen LogP contribution in [0.3, 0.4) is 0 Å². The number of anilines is 1. The summed E-state index contributed by atoms with van der Waals surface area (Å²) in [5.74, 6) is 0.723. The zero-order chi connectivity index (χ0) is 21.4. The number of amides is 1. The van der Waals surface area contributed by atoms with Crippen LogP contribution in [0.25, 0.3) is 0 Å². The third kappa shape index (κ3) is 6.45. The van der Waals surface area contributed by atoms with E-state index >= 15 is 0 Å². The van der Waals surface area contributed by atoms with Crippen molar-refractivity contribution in [3.05, 3.63) is 81.0 Å². The van der Waals surface area contributed by atoms with Gasteiger partial charge in [-0.2, -0.15) is 0 Å². The number of hydrogen-bond acceptors (Lipinski definition) is 5. The van der Waals surface area contributed by atoms with Crippen molar-refractivity contribution >= 4 is 22.9 Å². The summed E-state index contributed by atoms with van der Waals surface area (Å²) in [5.41, 5.74) is 3.05. The van der Waals surface area contributed by atoms with Gasteiger partial charge in [0, 0.05) is 54.7 Å². The molecule has 1 unspecified atom stereocenters. The van der Waals surface area contributed by atoms with Crippen molar-refractivity contribution in [3.63, 3.8) is 0 Å². The minimum absolute atomic E-state index is 0.0418. The summed E-state index contributed by atoms with van der Waals surface area (Å²) in [6.07, 6.45) is 6.22. The number of hydrogen-bond donors (Lipinski definition) is 2. The molecule has 6 nitrogen and oxygen atoms in total. The molecule has 1 aliphatic heterocycles. The minimum Gasteiger partial charge on any atom is -0.627 e. The molecule has 1 amide bonds. The highest BCUT2D eigenvalue weighted by Crippen LogP contribution is 2.25. The maximum absolute atomic E-state index is 13.2. The van der Waals surface area contributed by atoms with Gasteiger partial charge in [0.05, 0.1) is 6.61 Å². The van der Waals surface area contributed by atoms with Gasteiger partial charge >= 0.3 is 0 Å². The van der Waals surface area contributed by atoms with Crippen LogP contribution < -0.4 is 10.6 Å². The molecule has 2 heterocycles. The number of carbonyl (C=O) groups excluding carboxylic acids is 1. The Morgan fingerprint density at radius 2 is 2.13 bits per heavy atom. The van der Waals surface area contributed by atoms with Gasteiger partial charge in [0.25, 0.3) is 0 Å². The molecule has 1 atom stereocenters. The first-order valence-electron chi connectivity index (χ1n) is 10.1. The predicted molar refractivity (Wildman–Crippen MR) is 122 cm³/mol. The van der Waals surface area contributed by atoms with Gasteiger partial charge in [-0.15, -0.1) is 11.3 Å². The van der Waals surface area contributed by atoms with Crippen LogP contribution in [0.4, 0.5) is 5.69 Å². The first-order chi connectivity index (χ1) is 14.5. The summed E-state index contributed by atoms with van der Waals surface area (Å²) in [4.78, 5) is 12.3. The number of carbonyl (C=O) groups is 1. The Kier molecular flexibility index (Phi) is 7.68. The van der Waals surface area contributed by atoms with E-state index in [-0.39, 0.29) is 5.91 Å². The lowest BCUT2D eigenvalue weighted by Crippen LogP contribution is -2.37. The van der Waals surface area contributed by atoms with Crippen LogP contribution >= 0.6 is 11.3 Å². The maximum atomic E-state index is 13.2. The van der Waals surface area contributed by atoms with Crippen molar-refractivity contribution in [2.75, 3.05) is 31.6 Å². The number of nitrogens with one attached hydrogen (secondary N) is 2. The molecular weight excluding hydrogens is 398 g/mol. The lowest BCUT2D eigenvalue weighted by molar-refractivity contribution is -0.837. The molecule has 1 aliphatic rings. The zero-order valence-corrected chi connectivity index (χ0v) is 18.3. The number of quaternary nitrogens is 1. The molecule has 2 aromatic rings. The molecular formula is C23H29N3O3S. The average Bonchev–Trinajstić information content (AvgIpc) is 3.23. The number of allylic oxidation sites excluding steroid dienone is 1. The summed E-state index contributed by atoms with van der Waals surface area (Å²) in [5, 5.41) is 21.3. The highest BCUT2D eigenvalue weighted by Gasteiger charge is 2.20. The largest absolute Gasteiger partial charge is 0.627 e. The monoisotopic (exact) mass is 427 g/mol. The molecule has 1 aromatic heterocycles. The highest BCUT2D eigenvalue weighted by molar-refractivity contribution is 7.09. The van der Waals surface area contributed by atoms with E-state index in [0.29, 0.717) is 32.8 Å². The van der Waals surface area contributed by atoms with E-state index in [1.54, 1.807) is 23.6 Å². The first-order valence-corrected chi connectivity index (χ1v) is 11.0. The molecule has 0 saturated carbocycles. The van der Waals surface area contributed by atoms with Gasteiger partial charge in [0.1, 0.15) is 25.0 Å². The van der Waals surface area contributed by atoms with Gasteiger partial charge in [0.2, 0.25) is 5.91 Å². The Labute approximate surface area is 182 Å². The maximum Gasteiger partial charge on any atom is 0.216 e. The zero-order valence-electron chi connectivity index (χ0n) is 17.5. The fraction of sp³-hybridized carbons (Fsp3) is 0.348. The Bertz CT molecular complexity index is 908. The molecule has 7 heteroatoms. The van der Waals surface area contributed by atoms with E-state index < -0.39 is 4.65 Å². The Morgan fingerprint density at radius 1 is 1.27 bits per heavy atom. The lowest BCUT2D eigenvalue weighted by Gasteiger charge is -2.40. The quantitative estimate of drug-likeness (QED) is 0.340. The average molecular weight is 428 g/mol. The molecule has 0 spiro atoms. The minimum atomic E-state index is -0.437. The van der Waals surface area contributed by atoms with Crippen LogP contribution in [-0.2, 0) is 22.5 Å². The summed E-state index contributed by atoms with van der Waals surface area (Å²) < 4.78 is 5.37. The van der Waals surface area contributed by atoms with Crippen LogP contribution in [0, 0.1) is 12.1 Å². The Morgan fingerprint density at radius 3 is 2.83 bits per heavy atom. The molecule has 0 saturated heterocycles. The fourth-order valence-electron chi connectivity index (χ4n) is 3.30. The van der Waals surface area contributed by atoms with Crippen LogP contribution in [0.5, 0.6) is 0 Å². The molecule has 3 rings (SSSR count). The second kappa shape index (κ2) is 10.4. The van der Waals surface area contributed by atoms with Gasteiger partial charge in [-0.1, -0.05) is 18.2 Å². The number of hydroxylamine groups is 3. The van der Waals surface area contributed by atoms with E-state index in [2.05, 4.69) is 22.1 Å². The van der Waals surface area contributed by atoms with Gasteiger partial charge in [-0.05, 0) is 30.0 Å². The van der Waals surface area contributed by atoms with Crippen LogP contribution in [0.15, 0.2) is 59.8 Å². The second-order valence-electron chi connectivity index (χ2n) is 7.39. The van der Waals surface area contributed by atoms with Gasteiger partial charge < -0.3 is 25.2 Å². The molecule has 1 aromatic carbocycles. The number of nitrogens with zero attached hydrogens (tertiary/aromatic N) is 1. The van der Waals surface area contributed by atoms with Crippen molar-refractivity contribution < 1.29 is 14.2 Å². The molecule has 0 aliphatic carbocycles. The molecule has 2 N–H and O–H groups in total. The summed E-state index contributed by atoms with van der Waals surface area (Å²) in [6, 6.07) is 10.1. The summed E-state index contributed by atoms with van der Waals surface area (Å²) in [7, 11) is 0. The SMILES string of the molecule is CC(=O)NCCNc1cccc(C[N+]2([O-])C=CC(OCCc3cccs3)=CC2)c1C. The van der Waals surface area contributed by atoms with E-state index in [0.717, 1.165) is 29.0 Å². The molecule has 0 bridgehead atoms. The van der Waals surface area contributed by atoms with E-state index in [1.807, 2.05) is 37.3 Å². The molecule has 0 fully saturated rings. The topological polar surface area (TPSA) is 73.4 Å². The number of benzene rings is 1. The number of rotatable bonds is 10. The first kappa shape index (κ1) is 22.1. The van der Waals surface area contributed by atoms with E-state index in [4.69, 9.17) is 4.74 Å². The van der Waals surface area contributed by atoms with Crippen molar-refractivity contribution in [1.82, 2.24) is 5.32 Å². The summed E-state index contributed by atoms with van der Waals surface area (Å²) in [6.45, 7) is 6.04. The Hall–Kier alpha value is -2.61. The van der Waals surface area contributed by atoms with Crippen LogP contribution in [0.1, 0.15) is 22.9 Å². The summed E-state index contributed by atoms with van der Waals surface area (Å²) >= 11 is 1.73. The third-order valence-corrected chi connectivity index (χ3v) is 5.94.